The fourth-order valence-corrected chi connectivity index (χ4v) is 4.52. The molecule has 0 bridgehead atoms. The third-order valence-electron chi connectivity index (χ3n) is 6.39. The van der Waals surface area contributed by atoms with Crippen LogP contribution in [-0.4, -0.2) is 49.8 Å². The summed E-state index contributed by atoms with van der Waals surface area (Å²) in [6.07, 6.45) is 6.82. The van der Waals surface area contributed by atoms with Crippen molar-refractivity contribution in [1.29, 1.82) is 0 Å². The lowest BCUT2D eigenvalue weighted by atomic mass is 9.96. The Hall–Kier alpha value is -4.58. The summed E-state index contributed by atoms with van der Waals surface area (Å²) in [4.78, 5) is 34.6. The van der Waals surface area contributed by atoms with E-state index in [-0.39, 0.29) is 18.3 Å². The molecule has 6 rings (SSSR count). The van der Waals surface area contributed by atoms with Gasteiger partial charge in [0.15, 0.2) is 11.6 Å². The van der Waals surface area contributed by atoms with Gasteiger partial charge in [0.2, 0.25) is 11.8 Å². The van der Waals surface area contributed by atoms with E-state index in [0.29, 0.717) is 49.0 Å². The monoisotopic (exact) mass is 490 g/mol. The van der Waals surface area contributed by atoms with Crippen molar-refractivity contribution in [3.8, 4) is 11.5 Å². The Labute approximate surface area is 205 Å². The van der Waals surface area contributed by atoms with Crippen molar-refractivity contribution in [3.05, 3.63) is 72.4 Å². The molecule has 0 spiro atoms. The van der Waals surface area contributed by atoms with Gasteiger partial charge in [-0.05, 0) is 25.0 Å². The van der Waals surface area contributed by atoms with Gasteiger partial charge in [-0.3, -0.25) is 9.59 Å². The fourth-order valence-electron chi connectivity index (χ4n) is 4.52. The number of ketones is 1. The fraction of sp³-hybridized carbons (Fsp3) is 0.208. The number of piperidine rings is 1. The number of benzene rings is 1. The van der Waals surface area contributed by atoms with Crippen LogP contribution in [0, 0.1) is 5.82 Å². The quantitative estimate of drug-likeness (QED) is 0.285. The van der Waals surface area contributed by atoms with Crippen LogP contribution in [0.2, 0.25) is 0 Å². The van der Waals surface area contributed by atoms with Gasteiger partial charge in [-0.15, -0.1) is 15.7 Å². The zero-order chi connectivity index (χ0) is 24.6. The molecule has 2 aliphatic rings. The SMILES string of the molecule is O=C(C(=O)N1CCC(c2nnc(-c3ccccc3)o2)CC1)c1c[nH]c2c(N3C=CNN3)ncc(F)c12.[HH]. The first-order chi connectivity index (χ1) is 17.6. The Balaban J connectivity index is 0.00000280. The number of nitrogens with one attached hydrogen (secondary N) is 3. The number of aromatic amines is 1. The predicted molar refractivity (Wildman–Crippen MR) is 129 cm³/mol. The number of likely N-dealkylation sites (tertiary alicyclic amines) is 1. The minimum Gasteiger partial charge on any atom is -0.420 e. The highest BCUT2D eigenvalue weighted by Gasteiger charge is 2.32. The van der Waals surface area contributed by atoms with Gasteiger partial charge in [0.05, 0.1) is 22.7 Å². The Kier molecular flexibility index (Phi) is 5.41. The molecule has 4 aromatic rings. The number of carbonyl (C=O) groups excluding carboxylic acids is 2. The maximum Gasteiger partial charge on any atom is 0.295 e. The van der Waals surface area contributed by atoms with Crippen molar-refractivity contribution in [3.63, 3.8) is 0 Å². The first kappa shape index (κ1) is 21.9. The van der Waals surface area contributed by atoms with Crippen LogP contribution in [0.25, 0.3) is 22.4 Å². The number of rotatable bonds is 5. The van der Waals surface area contributed by atoms with Crippen LogP contribution in [0.1, 0.15) is 36.4 Å². The summed E-state index contributed by atoms with van der Waals surface area (Å²) < 4.78 is 20.6. The summed E-state index contributed by atoms with van der Waals surface area (Å²) in [5.74, 6) is -0.828. The number of nitrogens with zero attached hydrogens (tertiary/aromatic N) is 5. The number of hydrogen-bond acceptors (Lipinski definition) is 9. The third-order valence-corrected chi connectivity index (χ3v) is 6.39. The average molecular weight is 490 g/mol. The number of pyridine rings is 1. The first-order valence-electron chi connectivity index (χ1n) is 11.4. The maximum absolute atomic E-state index is 14.7. The lowest BCUT2D eigenvalue weighted by molar-refractivity contribution is -0.127. The summed E-state index contributed by atoms with van der Waals surface area (Å²) in [6.45, 7) is 0.703. The zero-order valence-corrected chi connectivity index (χ0v) is 18.9. The number of hydrazine groups is 2. The second kappa shape index (κ2) is 8.89. The van der Waals surface area contributed by atoms with Crippen LogP contribution in [0.3, 0.4) is 0 Å². The molecule has 0 unspecified atom stereocenters. The number of hydrogen-bond donors (Lipinski definition) is 3. The topological polar surface area (TPSA) is 132 Å². The number of anilines is 1. The van der Waals surface area contributed by atoms with E-state index in [4.69, 9.17) is 4.42 Å². The molecule has 3 N–H and O–H groups in total. The smallest absolute Gasteiger partial charge is 0.295 e. The molecule has 5 heterocycles. The number of amides is 1. The van der Waals surface area contributed by atoms with E-state index < -0.39 is 17.5 Å². The summed E-state index contributed by atoms with van der Waals surface area (Å²) in [5, 5.41) is 9.88. The molecular formula is C24H23FN8O3. The van der Waals surface area contributed by atoms with Crippen LogP contribution < -0.4 is 16.0 Å². The van der Waals surface area contributed by atoms with E-state index in [9.17, 15) is 14.0 Å². The molecule has 1 fully saturated rings. The summed E-state index contributed by atoms with van der Waals surface area (Å²) in [6, 6.07) is 9.50. The van der Waals surface area contributed by atoms with Crippen LogP contribution >= 0.6 is 0 Å². The van der Waals surface area contributed by atoms with Crippen LogP contribution in [0.5, 0.6) is 0 Å². The summed E-state index contributed by atoms with van der Waals surface area (Å²) in [5.41, 5.74) is 6.70. The zero-order valence-electron chi connectivity index (χ0n) is 18.9. The molecule has 0 radical (unpaired) electrons. The molecular weight excluding hydrogens is 467 g/mol. The largest absolute Gasteiger partial charge is 0.420 e. The standard InChI is InChI=1S/C24H21FN8O3.H2/c25-17-13-27-21(33-11-8-28-31-33)19-18(17)16(12-26-19)20(34)24(35)32-9-6-15(7-10-32)23-30-29-22(36-23)14-4-2-1-3-5-14;/h1-5,8,11-13,15,26,28,31H,6-7,9-10H2;1H. The molecule has 1 saturated heterocycles. The number of aromatic nitrogens is 4. The van der Waals surface area contributed by atoms with Gasteiger partial charge in [0, 0.05) is 44.6 Å². The lowest BCUT2D eigenvalue weighted by Crippen LogP contribution is -2.41. The number of carbonyl (C=O) groups is 2. The Morgan fingerprint density at radius 3 is 2.69 bits per heavy atom. The van der Waals surface area contributed by atoms with Gasteiger partial charge in [0.25, 0.3) is 11.7 Å². The van der Waals surface area contributed by atoms with Crippen LogP contribution in [0.15, 0.2) is 59.5 Å². The number of Topliss-reactive ketones (excluding diaryl/α,β-unsaturated/α-hetero) is 1. The van der Waals surface area contributed by atoms with Gasteiger partial charge in [-0.25, -0.2) is 14.4 Å². The van der Waals surface area contributed by atoms with E-state index >= 15 is 0 Å². The van der Waals surface area contributed by atoms with E-state index in [0.717, 1.165) is 11.8 Å². The average Bonchev–Trinajstić information content (AvgIpc) is 3.70. The van der Waals surface area contributed by atoms with Gasteiger partial charge >= 0.3 is 0 Å². The number of halogens is 1. The van der Waals surface area contributed by atoms with Crippen molar-refractivity contribution in [1.82, 2.24) is 36.0 Å². The molecule has 1 amide bonds. The van der Waals surface area contributed by atoms with Gasteiger partial charge in [-0.1, -0.05) is 18.2 Å². The third kappa shape index (κ3) is 3.77. The second-order valence-corrected chi connectivity index (χ2v) is 8.53. The highest BCUT2D eigenvalue weighted by molar-refractivity contribution is 6.45. The molecule has 184 valence electrons. The van der Waals surface area contributed by atoms with Gasteiger partial charge in [-0.2, -0.15) is 0 Å². The van der Waals surface area contributed by atoms with Crippen molar-refractivity contribution in [2.45, 2.75) is 18.8 Å². The normalized spacial score (nSPS) is 16.0. The minimum absolute atomic E-state index is 0. The molecule has 12 heteroatoms. The van der Waals surface area contributed by atoms with Crippen molar-refractivity contribution in [2.24, 2.45) is 0 Å². The highest BCUT2D eigenvalue weighted by atomic mass is 19.1. The Bertz CT molecular complexity index is 1480. The Morgan fingerprint density at radius 1 is 1.14 bits per heavy atom. The molecule has 3 aromatic heterocycles. The van der Waals surface area contributed by atoms with E-state index in [1.165, 1.54) is 16.1 Å². The number of H-pyrrole nitrogens is 1. The predicted octanol–water partition coefficient (Wildman–Crippen LogP) is 2.89. The molecule has 11 nitrogen and oxygen atoms in total. The molecule has 2 aliphatic heterocycles. The molecule has 0 atom stereocenters. The Morgan fingerprint density at radius 2 is 1.94 bits per heavy atom. The number of fused-ring (bicyclic) bond motifs is 1. The van der Waals surface area contributed by atoms with Crippen molar-refractivity contribution in [2.75, 3.05) is 18.1 Å². The van der Waals surface area contributed by atoms with E-state index in [1.807, 2.05) is 30.3 Å². The second-order valence-electron chi connectivity index (χ2n) is 8.53. The molecule has 36 heavy (non-hydrogen) atoms. The summed E-state index contributed by atoms with van der Waals surface area (Å²) in [7, 11) is 0. The molecule has 0 aliphatic carbocycles. The lowest BCUT2D eigenvalue weighted by Gasteiger charge is -2.29. The summed E-state index contributed by atoms with van der Waals surface area (Å²) >= 11 is 0. The van der Waals surface area contributed by atoms with Crippen molar-refractivity contribution >= 4 is 28.4 Å². The van der Waals surface area contributed by atoms with Gasteiger partial charge < -0.3 is 19.7 Å². The van der Waals surface area contributed by atoms with Gasteiger partial charge in [0.1, 0.15) is 0 Å². The molecule has 1 aromatic carbocycles. The first-order valence-corrected chi connectivity index (χ1v) is 11.4. The molecule has 0 saturated carbocycles. The minimum atomic E-state index is -0.775. The maximum atomic E-state index is 14.7. The van der Waals surface area contributed by atoms with Crippen LogP contribution in [-0.2, 0) is 4.79 Å². The van der Waals surface area contributed by atoms with Crippen molar-refractivity contribution < 1.29 is 19.8 Å². The van der Waals surface area contributed by atoms with Crippen LogP contribution in [0.4, 0.5) is 10.2 Å². The highest BCUT2D eigenvalue weighted by Crippen LogP contribution is 2.31. The van der Waals surface area contributed by atoms with E-state index in [2.05, 4.69) is 31.1 Å². The van der Waals surface area contributed by atoms with E-state index in [1.54, 1.807) is 12.4 Å².